The standard InChI is InChI=1S/C14H27N5/c1-4-5-12-13(15)14(19(3)17-12)16-10-11-6-8-18(2)9-7-11/h11,16H,4-10,15H2,1-3H3. The maximum atomic E-state index is 6.17. The summed E-state index contributed by atoms with van der Waals surface area (Å²) in [5.41, 5.74) is 8.03. The Labute approximate surface area is 116 Å². The van der Waals surface area contributed by atoms with Gasteiger partial charge in [-0.1, -0.05) is 13.3 Å². The van der Waals surface area contributed by atoms with Crippen molar-refractivity contribution in [1.82, 2.24) is 14.7 Å². The topological polar surface area (TPSA) is 59.1 Å². The molecule has 1 aromatic heterocycles. The van der Waals surface area contributed by atoms with E-state index in [1.807, 2.05) is 11.7 Å². The maximum absolute atomic E-state index is 6.17. The third-order valence-electron chi connectivity index (χ3n) is 4.04. The van der Waals surface area contributed by atoms with Gasteiger partial charge in [0, 0.05) is 13.6 Å². The minimum Gasteiger partial charge on any atom is -0.394 e. The van der Waals surface area contributed by atoms with Crippen LogP contribution in [0.15, 0.2) is 0 Å². The zero-order valence-corrected chi connectivity index (χ0v) is 12.4. The number of hydrogen-bond acceptors (Lipinski definition) is 4. The lowest BCUT2D eigenvalue weighted by Crippen LogP contribution is -2.33. The first-order valence-corrected chi connectivity index (χ1v) is 7.35. The van der Waals surface area contributed by atoms with Gasteiger partial charge in [-0.3, -0.25) is 4.68 Å². The fourth-order valence-electron chi connectivity index (χ4n) is 2.73. The summed E-state index contributed by atoms with van der Waals surface area (Å²) in [6.07, 6.45) is 4.57. The van der Waals surface area contributed by atoms with Gasteiger partial charge in [0.1, 0.15) is 5.82 Å². The minimum atomic E-state index is 0.750. The van der Waals surface area contributed by atoms with Crippen LogP contribution in [0.3, 0.4) is 0 Å². The van der Waals surface area contributed by atoms with Crippen LogP contribution in [0.4, 0.5) is 11.5 Å². The highest BCUT2D eigenvalue weighted by molar-refractivity contribution is 5.65. The molecule has 0 amide bonds. The molecule has 0 saturated carbocycles. The Balaban J connectivity index is 1.92. The Morgan fingerprint density at radius 2 is 2.00 bits per heavy atom. The number of aryl methyl sites for hydroxylation is 2. The molecule has 5 nitrogen and oxygen atoms in total. The molecule has 2 heterocycles. The van der Waals surface area contributed by atoms with Gasteiger partial charge in [0.25, 0.3) is 0 Å². The summed E-state index contributed by atoms with van der Waals surface area (Å²) in [4.78, 5) is 2.40. The highest BCUT2D eigenvalue weighted by Gasteiger charge is 2.18. The number of piperidine rings is 1. The number of anilines is 2. The normalized spacial score (nSPS) is 17.8. The summed E-state index contributed by atoms with van der Waals surface area (Å²) < 4.78 is 1.88. The Morgan fingerprint density at radius 1 is 1.32 bits per heavy atom. The van der Waals surface area contributed by atoms with E-state index in [2.05, 4.69) is 29.3 Å². The largest absolute Gasteiger partial charge is 0.394 e. The lowest BCUT2D eigenvalue weighted by atomic mass is 9.97. The summed E-state index contributed by atoms with van der Waals surface area (Å²) in [5.74, 6) is 1.74. The van der Waals surface area contributed by atoms with Crippen LogP contribution in [0.5, 0.6) is 0 Å². The second-order valence-corrected chi connectivity index (χ2v) is 5.71. The Morgan fingerprint density at radius 3 is 2.63 bits per heavy atom. The van der Waals surface area contributed by atoms with Crippen molar-refractivity contribution in [3.63, 3.8) is 0 Å². The zero-order chi connectivity index (χ0) is 13.8. The molecule has 0 aliphatic carbocycles. The van der Waals surface area contributed by atoms with Crippen LogP contribution >= 0.6 is 0 Å². The van der Waals surface area contributed by atoms with Crippen molar-refractivity contribution in [3.8, 4) is 0 Å². The number of nitrogens with zero attached hydrogens (tertiary/aromatic N) is 3. The monoisotopic (exact) mass is 265 g/mol. The smallest absolute Gasteiger partial charge is 0.147 e. The van der Waals surface area contributed by atoms with Crippen molar-refractivity contribution in [2.45, 2.75) is 32.6 Å². The fourth-order valence-corrected chi connectivity index (χ4v) is 2.73. The van der Waals surface area contributed by atoms with Gasteiger partial charge in [0.2, 0.25) is 0 Å². The van der Waals surface area contributed by atoms with E-state index in [9.17, 15) is 0 Å². The molecule has 0 atom stereocenters. The number of nitrogens with one attached hydrogen (secondary N) is 1. The molecule has 1 aliphatic heterocycles. The molecule has 0 aromatic carbocycles. The highest BCUT2D eigenvalue weighted by atomic mass is 15.3. The van der Waals surface area contributed by atoms with Crippen LogP contribution < -0.4 is 11.1 Å². The van der Waals surface area contributed by atoms with E-state index in [1.165, 1.54) is 25.9 Å². The van der Waals surface area contributed by atoms with Crippen LogP contribution in [0.25, 0.3) is 0 Å². The minimum absolute atomic E-state index is 0.750. The van der Waals surface area contributed by atoms with Crippen molar-refractivity contribution in [2.75, 3.05) is 37.7 Å². The van der Waals surface area contributed by atoms with Crippen LogP contribution in [0, 0.1) is 5.92 Å². The third kappa shape index (κ3) is 3.41. The van der Waals surface area contributed by atoms with E-state index in [4.69, 9.17) is 5.73 Å². The highest BCUT2D eigenvalue weighted by Crippen LogP contribution is 2.24. The first-order chi connectivity index (χ1) is 9.11. The summed E-state index contributed by atoms with van der Waals surface area (Å²) in [6, 6.07) is 0. The third-order valence-corrected chi connectivity index (χ3v) is 4.04. The van der Waals surface area contributed by atoms with Crippen molar-refractivity contribution in [2.24, 2.45) is 13.0 Å². The van der Waals surface area contributed by atoms with Gasteiger partial charge in [-0.25, -0.2) is 0 Å². The van der Waals surface area contributed by atoms with Crippen molar-refractivity contribution < 1.29 is 0 Å². The Bertz CT molecular complexity index is 404. The van der Waals surface area contributed by atoms with E-state index in [-0.39, 0.29) is 0 Å². The first-order valence-electron chi connectivity index (χ1n) is 7.35. The zero-order valence-electron chi connectivity index (χ0n) is 12.4. The van der Waals surface area contributed by atoms with Gasteiger partial charge in [0.15, 0.2) is 0 Å². The molecule has 5 heteroatoms. The molecule has 0 spiro atoms. The number of nitrogens with two attached hydrogens (primary N) is 1. The van der Waals surface area contributed by atoms with E-state index < -0.39 is 0 Å². The number of rotatable bonds is 5. The van der Waals surface area contributed by atoms with Gasteiger partial charge in [-0.15, -0.1) is 0 Å². The molecule has 1 saturated heterocycles. The lowest BCUT2D eigenvalue weighted by molar-refractivity contribution is 0.226. The van der Waals surface area contributed by atoms with Crippen molar-refractivity contribution >= 4 is 11.5 Å². The SMILES string of the molecule is CCCc1nn(C)c(NCC2CCN(C)CC2)c1N. The summed E-state index contributed by atoms with van der Waals surface area (Å²) in [5, 5.41) is 8.00. The van der Waals surface area contributed by atoms with Gasteiger partial charge < -0.3 is 16.0 Å². The number of hydrogen-bond donors (Lipinski definition) is 2. The molecular weight excluding hydrogens is 238 g/mol. The second kappa shape index (κ2) is 6.28. The molecule has 1 aliphatic rings. The summed E-state index contributed by atoms with van der Waals surface area (Å²) in [7, 11) is 4.16. The molecular formula is C14H27N5. The number of aromatic nitrogens is 2. The van der Waals surface area contributed by atoms with E-state index in [0.29, 0.717) is 0 Å². The van der Waals surface area contributed by atoms with Crippen LogP contribution in [-0.2, 0) is 13.5 Å². The summed E-state index contributed by atoms with van der Waals surface area (Å²) in [6.45, 7) is 5.56. The Hall–Kier alpha value is -1.23. The van der Waals surface area contributed by atoms with E-state index in [0.717, 1.165) is 42.5 Å². The Kier molecular flexibility index (Phi) is 4.69. The molecule has 2 rings (SSSR count). The van der Waals surface area contributed by atoms with Gasteiger partial charge in [-0.05, 0) is 45.3 Å². The second-order valence-electron chi connectivity index (χ2n) is 5.71. The molecule has 1 aromatic rings. The molecule has 0 radical (unpaired) electrons. The van der Waals surface area contributed by atoms with E-state index in [1.54, 1.807) is 0 Å². The molecule has 108 valence electrons. The quantitative estimate of drug-likeness (QED) is 0.851. The molecule has 0 bridgehead atoms. The lowest BCUT2D eigenvalue weighted by Gasteiger charge is -2.29. The van der Waals surface area contributed by atoms with Crippen LogP contribution in [0.1, 0.15) is 31.9 Å². The van der Waals surface area contributed by atoms with Gasteiger partial charge in [-0.2, -0.15) is 5.10 Å². The number of likely N-dealkylation sites (tertiary alicyclic amines) is 1. The molecule has 3 N–H and O–H groups in total. The molecule has 1 fully saturated rings. The summed E-state index contributed by atoms with van der Waals surface area (Å²) >= 11 is 0. The predicted molar refractivity (Wildman–Crippen MR) is 80.3 cm³/mol. The predicted octanol–water partition coefficient (Wildman–Crippen LogP) is 1.71. The van der Waals surface area contributed by atoms with Crippen LogP contribution in [0.2, 0.25) is 0 Å². The van der Waals surface area contributed by atoms with Crippen molar-refractivity contribution in [3.05, 3.63) is 5.69 Å². The van der Waals surface area contributed by atoms with Crippen LogP contribution in [-0.4, -0.2) is 41.4 Å². The fraction of sp³-hybridized carbons (Fsp3) is 0.786. The number of nitrogen functional groups attached to an aromatic ring is 1. The average molecular weight is 265 g/mol. The van der Waals surface area contributed by atoms with Gasteiger partial charge in [0.05, 0.1) is 11.4 Å². The van der Waals surface area contributed by atoms with Crippen molar-refractivity contribution in [1.29, 1.82) is 0 Å². The average Bonchev–Trinajstić information content (AvgIpc) is 2.65. The van der Waals surface area contributed by atoms with E-state index >= 15 is 0 Å². The maximum Gasteiger partial charge on any atom is 0.147 e. The molecule has 19 heavy (non-hydrogen) atoms. The first kappa shape index (κ1) is 14.2. The van der Waals surface area contributed by atoms with Gasteiger partial charge >= 0.3 is 0 Å². The molecule has 0 unspecified atom stereocenters.